The molecule has 0 saturated heterocycles. The lowest BCUT2D eigenvalue weighted by Crippen LogP contribution is -2.05. The lowest BCUT2D eigenvalue weighted by Gasteiger charge is -2.09. The topological polar surface area (TPSA) is 44.1 Å². The highest BCUT2D eigenvalue weighted by molar-refractivity contribution is 6.31. The SMILES string of the molecule is CC.Cc1ccc(Cl)cc1CC(=N)c1ccc(Cl)cc1O. The Bertz CT molecular complexity index is 639. The van der Waals surface area contributed by atoms with Gasteiger partial charge in [-0.05, 0) is 48.4 Å². The molecule has 0 bridgehead atoms. The molecule has 0 aliphatic carbocycles. The summed E-state index contributed by atoms with van der Waals surface area (Å²) in [6.07, 6.45) is 0.418. The Morgan fingerprint density at radius 1 is 1.05 bits per heavy atom. The van der Waals surface area contributed by atoms with Crippen LogP contribution in [0.2, 0.25) is 10.0 Å². The number of rotatable bonds is 3. The van der Waals surface area contributed by atoms with E-state index in [0.29, 0.717) is 27.7 Å². The fourth-order valence-electron chi connectivity index (χ4n) is 1.88. The second kappa shape index (κ2) is 8.06. The monoisotopic (exact) mass is 323 g/mol. The number of hydrogen-bond acceptors (Lipinski definition) is 2. The molecule has 2 N–H and O–H groups in total. The Balaban J connectivity index is 0.00000106. The van der Waals surface area contributed by atoms with E-state index in [0.717, 1.165) is 11.1 Å². The summed E-state index contributed by atoms with van der Waals surface area (Å²) in [5.41, 5.74) is 2.87. The molecule has 0 fully saturated rings. The first-order chi connectivity index (χ1) is 9.97. The molecule has 0 amide bonds. The first-order valence-corrected chi connectivity index (χ1v) is 7.54. The highest BCUT2D eigenvalue weighted by atomic mass is 35.5. The minimum atomic E-state index is 0.0252. The van der Waals surface area contributed by atoms with Crippen molar-refractivity contribution in [2.45, 2.75) is 27.2 Å². The number of hydrogen-bond donors (Lipinski definition) is 2. The smallest absolute Gasteiger partial charge is 0.126 e. The Labute approximate surface area is 135 Å². The normalized spacial score (nSPS) is 9.76. The van der Waals surface area contributed by atoms with Crippen LogP contribution in [-0.2, 0) is 6.42 Å². The molecule has 0 heterocycles. The summed E-state index contributed by atoms with van der Waals surface area (Å²) in [6, 6.07) is 10.3. The molecule has 0 aliphatic heterocycles. The van der Waals surface area contributed by atoms with Crippen LogP contribution >= 0.6 is 23.2 Å². The van der Waals surface area contributed by atoms with E-state index >= 15 is 0 Å². The highest BCUT2D eigenvalue weighted by Crippen LogP contribution is 2.24. The van der Waals surface area contributed by atoms with Gasteiger partial charge >= 0.3 is 0 Å². The van der Waals surface area contributed by atoms with E-state index in [9.17, 15) is 5.11 Å². The van der Waals surface area contributed by atoms with Crippen molar-refractivity contribution >= 4 is 28.9 Å². The number of nitrogens with one attached hydrogen (secondary N) is 1. The summed E-state index contributed by atoms with van der Waals surface area (Å²) in [4.78, 5) is 0. The van der Waals surface area contributed by atoms with Crippen LogP contribution in [0.3, 0.4) is 0 Å². The zero-order valence-corrected chi connectivity index (χ0v) is 13.9. The molecule has 0 atom stereocenters. The third kappa shape index (κ3) is 4.76. The molecule has 112 valence electrons. The van der Waals surface area contributed by atoms with Gasteiger partial charge in [0.15, 0.2) is 0 Å². The van der Waals surface area contributed by atoms with Crippen molar-refractivity contribution in [3.8, 4) is 5.75 Å². The molecule has 2 nitrogen and oxygen atoms in total. The first kappa shape index (κ1) is 17.5. The maximum Gasteiger partial charge on any atom is 0.126 e. The van der Waals surface area contributed by atoms with E-state index in [1.165, 1.54) is 6.07 Å². The summed E-state index contributed by atoms with van der Waals surface area (Å²) < 4.78 is 0. The number of aromatic hydroxyl groups is 1. The van der Waals surface area contributed by atoms with Crippen LogP contribution in [0.5, 0.6) is 5.75 Å². The largest absolute Gasteiger partial charge is 0.507 e. The number of benzene rings is 2. The van der Waals surface area contributed by atoms with Gasteiger partial charge in [0.2, 0.25) is 0 Å². The number of halogens is 2. The average Bonchev–Trinajstić information content (AvgIpc) is 2.45. The summed E-state index contributed by atoms with van der Waals surface area (Å²) in [7, 11) is 0. The van der Waals surface area contributed by atoms with E-state index in [2.05, 4.69) is 0 Å². The molecule has 4 heteroatoms. The van der Waals surface area contributed by atoms with Gasteiger partial charge in [-0.2, -0.15) is 0 Å². The zero-order valence-electron chi connectivity index (χ0n) is 12.4. The lowest BCUT2D eigenvalue weighted by molar-refractivity contribution is 0.474. The summed E-state index contributed by atoms with van der Waals surface area (Å²) >= 11 is 11.7. The molecule has 0 aliphatic rings. The van der Waals surface area contributed by atoms with Crippen LogP contribution in [-0.4, -0.2) is 10.8 Å². The van der Waals surface area contributed by atoms with Crippen molar-refractivity contribution in [3.63, 3.8) is 0 Å². The molecule has 0 aromatic heterocycles. The molecule has 2 aromatic rings. The van der Waals surface area contributed by atoms with Gasteiger partial charge in [-0.3, -0.25) is 0 Å². The second-order valence-corrected chi connectivity index (χ2v) is 5.26. The van der Waals surface area contributed by atoms with Crippen molar-refractivity contribution in [2.75, 3.05) is 0 Å². The van der Waals surface area contributed by atoms with Crippen LogP contribution in [0.15, 0.2) is 36.4 Å². The Morgan fingerprint density at radius 2 is 1.62 bits per heavy atom. The van der Waals surface area contributed by atoms with Crippen LogP contribution < -0.4 is 0 Å². The van der Waals surface area contributed by atoms with Crippen molar-refractivity contribution in [1.82, 2.24) is 0 Å². The van der Waals surface area contributed by atoms with Gasteiger partial charge in [-0.15, -0.1) is 0 Å². The maximum absolute atomic E-state index is 9.81. The minimum Gasteiger partial charge on any atom is -0.507 e. The standard InChI is InChI=1S/C15H13Cl2NO.C2H6/c1-9-2-3-11(16)6-10(9)7-14(18)13-5-4-12(17)8-15(13)19;1-2/h2-6,8,18-19H,7H2,1H3;1-2H3. The van der Waals surface area contributed by atoms with Crippen molar-refractivity contribution in [3.05, 3.63) is 63.1 Å². The Hall–Kier alpha value is -1.51. The third-order valence-corrected chi connectivity index (χ3v) is 3.43. The molecule has 2 rings (SSSR count). The molecule has 21 heavy (non-hydrogen) atoms. The fourth-order valence-corrected chi connectivity index (χ4v) is 2.24. The van der Waals surface area contributed by atoms with E-state index in [1.807, 2.05) is 39.0 Å². The van der Waals surface area contributed by atoms with E-state index in [4.69, 9.17) is 28.6 Å². The second-order valence-electron chi connectivity index (χ2n) is 4.39. The van der Waals surface area contributed by atoms with Gasteiger partial charge in [0, 0.05) is 27.7 Å². The quantitative estimate of drug-likeness (QED) is 0.705. The molecular formula is C17H19Cl2NO. The van der Waals surface area contributed by atoms with Crippen molar-refractivity contribution < 1.29 is 5.11 Å². The summed E-state index contributed by atoms with van der Waals surface area (Å²) in [5, 5.41) is 19.0. The van der Waals surface area contributed by atoms with Crippen LogP contribution in [0.1, 0.15) is 30.5 Å². The van der Waals surface area contributed by atoms with E-state index < -0.39 is 0 Å². The molecule has 0 saturated carbocycles. The van der Waals surface area contributed by atoms with Crippen molar-refractivity contribution in [2.24, 2.45) is 0 Å². The molecule has 2 aromatic carbocycles. The van der Waals surface area contributed by atoms with Crippen LogP contribution in [0.25, 0.3) is 0 Å². The molecule has 0 unspecified atom stereocenters. The fraction of sp³-hybridized carbons (Fsp3) is 0.235. The van der Waals surface area contributed by atoms with E-state index in [-0.39, 0.29) is 5.75 Å². The third-order valence-electron chi connectivity index (χ3n) is 2.96. The molecule has 0 spiro atoms. The van der Waals surface area contributed by atoms with Gasteiger partial charge in [-0.25, -0.2) is 0 Å². The average molecular weight is 324 g/mol. The van der Waals surface area contributed by atoms with Gasteiger partial charge in [0.1, 0.15) is 5.75 Å². The molecule has 0 radical (unpaired) electrons. The summed E-state index contributed by atoms with van der Waals surface area (Å²) in [5.74, 6) is 0.0252. The van der Waals surface area contributed by atoms with Gasteiger partial charge < -0.3 is 10.5 Å². The number of aryl methyl sites for hydroxylation is 1. The van der Waals surface area contributed by atoms with Crippen LogP contribution in [0, 0.1) is 12.3 Å². The number of phenolic OH excluding ortho intramolecular Hbond substituents is 1. The van der Waals surface area contributed by atoms with Gasteiger partial charge in [0.05, 0.1) is 0 Å². The van der Waals surface area contributed by atoms with Crippen LogP contribution in [0.4, 0.5) is 0 Å². The van der Waals surface area contributed by atoms with E-state index in [1.54, 1.807) is 12.1 Å². The lowest BCUT2D eigenvalue weighted by atomic mass is 9.98. The Kier molecular flexibility index (Phi) is 6.73. The number of phenols is 1. The predicted molar refractivity (Wildman–Crippen MR) is 91.2 cm³/mol. The minimum absolute atomic E-state index is 0.0252. The maximum atomic E-state index is 9.81. The molecular weight excluding hydrogens is 305 g/mol. The summed E-state index contributed by atoms with van der Waals surface area (Å²) in [6.45, 7) is 5.97. The van der Waals surface area contributed by atoms with Crippen molar-refractivity contribution in [1.29, 1.82) is 5.41 Å². The van der Waals surface area contributed by atoms with Gasteiger partial charge in [0.25, 0.3) is 0 Å². The Morgan fingerprint density at radius 3 is 2.24 bits per heavy atom. The first-order valence-electron chi connectivity index (χ1n) is 6.78. The highest BCUT2D eigenvalue weighted by Gasteiger charge is 2.10. The zero-order chi connectivity index (χ0) is 16.0. The van der Waals surface area contributed by atoms with Gasteiger partial charge in [-0.1, -0.05) is 43.1 Å². The predicted octanol–water partition coefficient (Wildman–Crippen LogP) is 5.64.